The van der Waals surface area contributed by atoms with Crippen LogP contribution in [0.25, 0.3) is 0 Å². The summed E-state index contributed by atoms with van der Waals surface area (Å²) in [6, 6.07) is -0.574. The van der Waals surface area contributed by atoms with Gasteiger partial charge >= 0.3 is 5.97 Å². The Kier molecular flexibility index (Phi) is 4.82. The van der Waals surface area contributed by atoms with Gasteiger partial charge in [0.25, 0.3) is 0 Å². The molecular formula is C5H12N2O3. The van der Waals surface area contributed by atoms with Crippen molar-refractivity contribution in [3.63, 3.8) is 0 Å². The molecule has 0 bridgehead atoms. The van der Waals surface area contributed by atoms with Gasteiger partial charge in [0, 0.05) is 6.54 Å². The second-order valence-corrected chi connectivity index (χ2v) is 1.63. The zero-order valence-corrected chi connectivity index (χ0v) is 6.09. The van der Waals surface area contributed by atoms with Crippen LogP contribution < -0.4 is 11.2 Å². The standard InChI is InChI=1S/C5H12N2O3/c1-9-5(8)4(3-6)7-10-2/h4,7H,3,6H2,1-2H3. The van der Waals surface area contributed by atoms with E-state index in [-0.39, 0.29) is 6.54 Å². The van der Waals surface area contributed by atoms with Gasteiger partial charge in [0.2, 0.25) is 0 Å². The molecule has 1 atom stereocenters. The van der Waals surface area contributed by atoms with E-state index < -0.39 is 12.0 Å². The Balaban J connectivity index is 3.68. The number of nitrogens with two attached hydrogens (primary N) is 1. The number of carbonyl (C=O) groups is 1. The molecule has 0 heterocycles. The molecule has 0 saturated carbocycles. The lowest BCUT2D eigenvalue weighted by atomic mass is 10.3. The highest BCUT2D eigenvalue weighted by atomic mass is 16.6. The number of esters is 1. The predicted octanol–water partition coefficient (Wildman–Crippen LogP) is -1.36. The molecule has 0 aliphatic carbocycles. The number of ether oxygens (including phenoxy) is 1. The summed E-state index contributed by atoms with van der Waals surface area (Å²) < 4.78 is 4.39. The average Bonchev–Trinajstić information content (AvgIpc) is 1.99. The normalized spacial score (nSPS) is 12.7. The first-order chi connectivity index (χ1) is 4.76. The van der Waals surface area contributed by atoms with E-state index in [1.165, 1.54) is 14.2 Å². The molecule has 5 heteroatoms. The Morgan fingerprint density at radius 1 is 1.70 bits per heavy atom. The van der Waals surface area contributed by atoms with Gasteiger partial charge in [0.1, 0.15) is 6.04 Å². The summed E-state index contributed by atoms with van der Waals surface area (Å²) in [6.45, 7) is 0.153. The first-order valence-corrected chi connectivity index (χ1v) is 2.82. The summed E-state index contributed by atoms with van der Waals surface area (Å²) in [4.78, 5) is 15.2. The third-order valence-electron chi connectivity index (χ3n) is 0.982. The van der Waals surface area contributed by atoms with Crippen LogP contribution in [0.2, 0.25) is 0 Å². The minimum atomic E-state index is -0.574. The zero-order chi connectivity index (χ0) is 7.98. The van der Waals surface area contributed by atoms with Crippen molar-refractivity contribution in [1.29, 1.82) is 0 Å². The summed E-state index contributed by atoms with van der Waals surface area (Å²) in [5.74, 6) is -0.427. The highest BCUT2D eigenvalue weighted by Crippen LogP contribution is 1.83. The number of methoxy groups -OCH3 is 1. The van der Waals surface area contributed by atoms with Gasteiger partial charge in [-0.15, -0.1) is 0 Å². The quantitative estimate of drug-likeness (QED) is 0.380. The van der Waals surface area contributed by atoms with E-state index in [1.54, 1.807) is 0 Å². The van der Waals surface area contributed by atoms with Gasteiger partial charge in [-0.1, -0.05) is 0 Å². The van der Waals surface area contributed by atoms with Crippen LogP contribution in [0.3, 0.4) is 0 Å². The molecule has 0 radical (unpaired) electrons. The molecule has 0 aromatic heterocycles. The fourth-order valence-electron chi connectivity index (χ4n) is 0.477. The Morgan fingerprint density at radius 3 is 2.60 bits per heavy atom. The van der Waals surface area contributed by atoms with Crippen molar-refractivity contribution in [2.75, 3.05) is 20.8 Å². The molecular weight excluding hydrogens is 136 g/mol. The minimum Gasteiger partial charge on any atom is -0.468 e. The van der Waals surface area contributed by atoms with E-state index in [9.17, 15) is 4.79 Å². The number of hydrogen-bond donors (Lipinski definition) is 2. The average molecular weight is 148 g/mol. The van der Waals surface area contributed by atoms with Crippen LogP contribution in [-0.2, 0) is 14.4 Å². The molecule has 10 heavy (non-hydrogen) atoms. The lowest BCUT2D eigenvalue weighted by Crippen LogP contribution is -2.42. The minimum absolute atomic E-state index is 0.153. The lowest BCUT2D eigenvalue weighted by Gasteiger charge is -2.11. The van der Waals surface area contributed by atoms with Gasteiger partial charge in [-0.25, -0.2) is 0 Å². The number of nitrogens with one attached hydrogen (secondary N) is 1. The molecule has 1 unspecified atom stereocenters. The number of carbonyl (C=O) groups excluding carboxylic acids is 1. The van der Waals surface area contributed by atoms with Gasteiger partial charge in [-0.05, 0) is 0 Å². The van der Waals surface area contributed by atoms with Crippen molar-refractivity contribution < 1.29 is 14.4 Å². The van der Waals surface area contributed by atoms with Crippen LogP contribution in [0.1, 0.15) is 0 Å². The van der Waals surface area contributed by atoms with Crippen LogP contribution in [0.5, 0.6) is 0 Å². The molecule has 0 saturated heterocycles. The molecule has 0 rings (SSSR count). The van der Waals surface area contributed by atoms with Crippen LogP contribution in [0.15, 0.2) is 0 Å². The van der Waals surface area contributed by atoms with Gasteiger partial charge in [0.05, 0.1) is 14.2 Å². The maximum atomic E-state index is 10.7. The van der Waals surface area contributed by atoms with Crippen molar-refractivity contribution in [2.24, 2.45) is 5.73 Å². The largest absolute Gasteiger partial charge is 0.468 e. The van der Waals surface area contributed by atoms with Crippen molar-refractivity contribution >= 4 is 5.97 Å². The monoisotopic (exact) mass is 148 g/mol. The van der Waals surface area contributed by atoms with Gasteiger partial charge in [-0.3, -0.25) is 4.79 Å². The van der Waals surface area contributed by atoms with Crippen LogP contribution in [-0.4, -0.2) is 32.8 Å². The second-order valence-electron chi connectivity index (χ2n) is 1.63. The topological polar surface area (TPSA) is 73.6 Å². The summed E-state index contributed by atoms with van der Waals surface area (Å²) >= 11 is 0. The molecule has 0 aliphatic rings. The molecule has 0 spiro atoms. The first kappa shape index (κ1) is 9.35. The molecule has 0 aromatic rings. The third-order valence-corrected chi connectivity index (χ3v) is 0.982. The van der Waals surface area contributed by atoms with Crippen molar-refractivity contribution in [3.05, 3.63) is 0 Å². The van der Waals surface area contributed by atoms with Crippen molar-refractivity contribution in [2.45, 2.75) is 6.04 Å². The highest BCUT2D eigenvalue weighted by Gasteiger charge is 2.15. The van der Waals surface area contributed by atoms with Crippen molar-refractivity contribution in [3.8, 4) is 0 Å². The molecule has 5 nitrogen and oxygen atoms in total. The fourth-order valence-corrected chi connectivity index (χ4v) is 0.477. The molecule has 60 valence electrons. The predicted molar refractivity (Wildman–Crippen MR) is 35.0 cm³/mol. The summed E-state index contributed by atoms with van der Waals surface area (Å²) in [5, 5.41) is 0. The van der Waals surface area contributed by atoms with Crippen LogP contribution >= 0.6 is 0 Å². The van der Waals surface area contributed by atoms with E-state index in [0.717, 1.165) is 0 Å². The van der Waals surface area contributed by atoms with Crippen molar-refractivity contribution in [1.82, 2.24) is 5.48 Å². The smallest absolute Gasteiger partial charge is 0.326 e. The van der Waals surface area contributed by atoms with Crippen LogP contribution in [0.4, 0.5) is 0 Å². The van der Waals surface area contributed by atoms with Gasteiger partial charge in [-0.2, -0.15) is 5.48 Å². The Hall–Kier alpha value is -0.650. The molecule has 0 aliphatic heterocycles. The van der Waals surface area contributed by atoms with E-state index in [0.29, 0.717) is 0 Å². The zero-order valence-electron chi connectivity index (χ0n) is 6.09. The summed E-state index contributed by atoms with van der Waals surface area (Å²) in [6.07, 6.45) is 0. The third kappa shape index (κ3) is 2.77. The van der Waals surface area contributed by atoms with E-state index in [4.69, 9.17) is 5.73 Å². The SMILES string of the molecule is CONC(CN)C(=O)OC. The lowest BCUT2D eigenvalue weighted by molar-refractivity contribution is -0.146. The number of rotatable bonds is 4. The second kappa shape index (κ2) is 5.16. The van der Waals surface area contributed by atoms with E-state index in [2.05, 4.69) is 15.1 Å². The fraction of sp³-hybridized carbons (Fsp3) is 0.800. The first-order valence-electron chi connectivity index (χ1n) is 2.82. The van der Waals surface area contributed by atoms with Gasteiger partial charge in [0.15, 0.2) is 0 Å². The summed E-state index contributed by atoms with van der Waals surface area (Å²) in [5.41, 5.74) is 7.58. The highest BCUT2D eigenvalue weighted by molar-refractivity contribution is 5.75. The molecule has 0 aromatic carbocycles. The summed E-state index contributed by atoms with van der Waals surface area (Å²) in [7, 11) is 2.70. The number of hydroxylamine groups is 1. The maximum Gasteiger partial charge on any atom is 0.326 e. The van der Waals surface area contributed by atoms with Gasteiger partial charge < -0.3 is 15.3 Å². The molecule has 0 amide bonds. The van der Waals surface area contributed by atoms with E-state index in [1.807, 2.05) is 0 Å². The van der Waals surface area contributed by atoms with E-state index >= 15 is 0 Å². The van der Waals surface area contributed by atoms with Crippen LogP contribution in [0, 0.1) is 0 Å². The Bertz CT molecular complexity index is 107. The molecule has 3 N–H and O–H groups in total. The Labute approximate surface area is 59.4 Å². The molecule has 0 fully saturated rings. The Morgan fingerprint density at radius 2 is 2.30 bits per heavy atom. The number of hydrogen-bond acceptors (Lipinski definition) is 5. The maximum absolute atomic E-state index is 10.7.